The van der Waals surface area contributed by atoms with Gasteiger partial charge in [-0.2, -0.15) is 0 Å². The van der Waals surface area contributed by atoms with Gasteiger partial charge in [0, 0.05) is 50.1 Å². The minimum atomic E-state index is 0.292. The summed E-state index contributed by atoms with van der Waals surface area (Å²) >= 11 is 0. The van der Waals surface area contributed by atoms with Gasteiger partial charge in [0.15, 0.2) is 17.5 Å². The van der Waals surface area contributed by atoms with Gasteiger partial charge in [0.25, 0.3) is 0 Å². The van der Waals surface area contributed by atoms with E-state index in [0.29, 0.717) is 29.4 Å². The highest BCUT2D eigenvalue weighted by Crippen LogP contribution is 2.44. The van der Waals surface area contributed by atoms with Crippen molar-refractivity contribution in [1.29, 1.82) is 0 Å². The van der Waals surface area contributed by atoms with E-state index in [4.69, 9.17) is 23.8 Å². The molecule has 7 aromatic rings. The van der Waals surface area contributed by atoms with Gasteiger partial charge in [-0.1, -0.05) is 116 Å². The molecule has 3 aliphatic carbocycles. The van der Waals surface area contributed by atoms with Gasteiger partial charge in [-0.25, -0.2) is 15.0 Å². The van der Waals surface area contributed by atoms with Gasteiger partial charge < -0.3 is 8.83 Å². The van der Waals surface area contributed by atoms with E-state index in [1.807, 2.05) is 30.3 Å². The standard InChI is InChI=1S/C44H33N3O2/c1-26-19-21-28(22-20-26)42-45-43(30-24-23-27-9-2-3-10-29(27)25-30)47-44(46-42)35-15-8-18-38-40(35)34-14-6-13-32(41(34)49-38)31-12-7-17-37-39(31)33-11-4-5-16-36(33)48-37/h2-18,21,23-27,29H,19-20,22H2,1H3. The molecule has 3 aliphatic rings. The van der Waals surface area contributed by atoms with Crippen LogP contribution in [0.1, 0.15) is 37.8 Å². The van der Waals surface area contributed by atoms with Crippen LogP contribution in [0.25, 0.3) is 77.5 Å². The summed E-state index contributed by atoms with van der Waals surface area (Å²) in [7, 11) is 0. The van der Waals surface area contributed by atoms with Crippen LogP contribution in [0.4, 0.5) is 0 Å². The third kappa shape index (κ3) is 4.64. The first-order valence-corrected chi connectivity index (χ1v) is 17.2. The largest absolute Gasteiger partial charge is 0.456 e. The predicted octanol–water partition coefficient (Wildman–Crippen LogP) is 11.5. The molecule has 5 heteroatoms. The lowest BCUT2D eigenvalue weighted by Crippen LogP contribution is -2.13. The topological polar surface area (TPSA) is 65.0 Å². The van der Waals surface area contributed by atoms with Gasteiger partial charge in [0.1, 0.15) is 22.3 Å². The number of fused-ring (bicyclic) bond motifs is 7. The van der Waals surface area contributed by atoms with E-state index in [1.54, 1.807) is 0 Å². The Hall–Kier alpha value is -5.81. The highest BCUT2D eigenvalue weighted by atomic mass is 16.3. The molecule has 0 bridgehead atoms. The van der Waals surface area contributed by atoms with E-state index >= 15 is 0 Å². The Morgan fingerprint density at radius 3 is 2.18 bits per heavy atom. The summed E-state index contributed by atoms with van der Waals surface area (Å²) in [4.78, 5) is 15.5. The Morgan fingerprint density at radius 1 is 0.612 bits per heavy atom. The summed E-state index contributed by atoms with van der Waals surface area (Å²) in [6, 6.07) is 27.1. The van der Waals surface area contributed by atoms with Crippen LogP contribution < -0.4 is 0 Å². The minimum Gasteiger partial charge on any atom is -0.456 e. The Labute approximate surface area is 283 Å². The summed E-state index contributed by atoms with van der Waals surface area (Å²) < 4.78 is 13.0. The summed E-state index contributed by atoms with van der Waals surface area (Å²) in [6.07, 6.45) is 21.0. The van der Waals surface area contributed by atoms with Crippen molar-refractivity contribution in [3.8, 4) is 22.5 Å². The van der Waals surface area contributed by atoms with E-state index in [2.05, 4.69) is 104 Å². The molecule has 0 spiro atoms. The van der Waals surface area contributed by atoms with E-state index in [-0.39, 0.29) is 0 Å². The van der Waals surface area contributed by atoms with Crippen LogP contribution in [0.2, 0.25) is 0 Å². The Balaban J connectivity index is 1.18. The molecular formula is C44H33N3O2. The van der Waals surface area contributed by atoms with Gasteiger partial charge in [-0.15, -0.1) is 0 Å². The van der Waals surface area contributed by atoms with Crippen LogP contribution in [0, 0.1) is 17.8 Å². The van der Waals surface area contributed by atoms with Crippen molar-refractivity contribution in [2.24, 2.45) is 17.8 Å². The highest BCUT2D eigenvalue weighted by molar-refractivity contribution is 6.19. The number of para-hydroxylation sites is 2. The maximum absolute atomic E-state index is 6.75. The molecule has 0 radical (unpaired) electrons. The molecule has 4 aromatic carbocycles. The fourth-order valence-electron chi connectivity index (χ4n) is 7.81. The number of aromatic nitrogens is 3. The highest BCUT2D eigenvalue weighted by Gasteiger charge is 2.24. The average molecular weight is 636 g/mol. The Kier molecular flexibility index (Phi) is 6.41. The minimum absolute atomic E-state index is 0.292. The van der Waals surface area contributed by atoms with Crippen LogP contribution >= 0.6 is 0 Å². The zero-order valence-corrected chi connectivity index (χ0v) is 27.1. The predicted molar refractivity (Wildman–Crippen MR) is 199 cm³/mol. The van der Waals surface area contributed by atoms with E-state index in [1.165, 1.54) is 5.57 Å². The second-order valence-electron chi connectivity index (χ2n) is 13.6. The lowest BCUT2D eigenvalue weighted by Gasteiger charge is -2.23. The molecule has 3 unspecified atom stereocenters. The van der Waals surface area contributed by atoms with Crippen LogP contribution in [0.5, 0.6) is 0 Å². The van der Waals surface area contributed by atoms with Crippen LogP contribution in [-0.2, 0) is 0 Å². The summed E-state index contributed by atoms with van der Waals surface area (Å²) in [5.74, 6) is 3.47. The molecule has 0 aliphatic heterocycles. The molecule has 3 heterocycles. The molecule has 0 amide bonds. The maximum Gasteiger partial charge on any atom is 0.164 e. The molecule has 5 nitrogen and oxygen atoms in total. The average Bonchev–Trinajstić information content (AvgIpc) is 3.73. The van der Waals surface area contributed by atoms with Crippen LogP contribution in [0.3, 0.4) is 0 Å². The van der Waals surface area contributed by atoms with Crippen LogP contribution in [0.15, 0.2) is 136 Å². The lowest BCUT2D eigenvalue weighted by molar-refractivity contribution is 0.532. The molecule has 236 valence electrons. The van der Waals surface area contributed by atoms with Crippen molar-refractivity contribution in [3.63, 3.8) is 0 Å². The molecule has 3 aromatic heterocycles. The van der Waals surface area contributed by atoms with Gasteiger partial charge in [-0.05, 0) is 54.5 Å². The first-order valence-electron chi connectivity index (χ1n) is 17.2. The quantitative estimate of drug-likeness (QED) is 0.193. The molecule has 0 N–H and O–H groups in total. The molecule has 3 atom stereocenters. The summed E-state index contributed by atoms with van der Waals surface area (Å²) in [6.45, 7) is 2.31. The molecule has 0 saturated heterocycles. The van der Waals surface area contributed by atoms with Gasteiger partial charge >= 0.3 is 0 Å². The van der Waals surface area contributed by atoms with E-state index < -0.39 is 0 Å². The molecule has 49 heavy (non-hydrogen) atoms. The Morgan fingerprint density at radius 2 is 1.31 bits per heavy atom. The van der Waals surface area contributed by atoms with E-state index in [0.717, 1.165) is 91.2 Å². The number of hydrogen-bond donors (Lipinski definition) is 0. The summed E-state index contributed by atoms with van der Waals surface area (Å²) in [5.41, 5.74) is 8.66. The SMILES string of the molecule is CC1CC=C(c2nc(C3=CC4C=CC=CC4C=C3)nc(-c3cccc4oc5c(-c6cccc7oc8ccccc8c67)cccc5c34)n2)CC1. The van der Waals surface area contributed by atoms with Crippen LogP contribution in [-0.4, -0.2) is 15.0 Å². The lowest BCUT2D eigenvalue weighted by atomic mass is 9.83. The zero-order valence-electron chi connectivity index (χ0n) is 27.1. The van der Waals surface area contributed by atoms with Gasteiger partial charge in [-0.3, -0.25) is 0 Å². The fraction of sp³-hybridized carbons (Fsp3) is 0.159. The molecule has 0 saturated carbocycles. The van der Waals surface area contributed by atoms with Gasteiger partial charge in [0.2, 0.25) is 0 Å². The van der Waals surface area contributed by atoms with Crippen molar-refractivity contribution >= 4 is 55.0 Å². The number of furan rings is 2. The third-order valence-corrected chi connectivity index (χ3v) is 10.4. The molecule has 0 fully saturated rings. The first-order chi connectivity index (χ1) is 24.2. The number of hydrogen-bond acceptors (Lipinski definition) is 5. The Bertz CT molecular complexity index is 2630. The first kappa shape index (κ1) is 28.2. The fourth-order valence-corrected chi connectivity index (χ4v) is 7.81. The van der Waals surface area contributed by atoms with Crippen molar-refractivity contribution < 1.29 is 8.83 Å². The molecular weight excluding hydrogens is 603 g/mol. The number of benzene rings is 4. The number of nitrogens with zero attached hydrogens (tertiary/aromatic N) is 3. The normalized spacial score (nSPS) is 20.3. The third-order valence-electron chi connectivity index (χ3n) is 10.4. The van der Waals surface area contributed by atoms with E-state index in [9.17, 15) is 0 Å². The van der Waals surface area contributed by atoms with Crippen molar-refractivity contribution in [2.75, 3.05) is 0 Å². The second kappa shape index (κ2) is 11.1. The smallest absolute Gasteiger partial charge is 0.164 e. The van der Waals surface area contributed by atoms with Crippen molar-refractivity contribution in [3.05, 3.63) is 139 Å². The monoisotopic (exact) mass is 635 g/mol. The molecule has 10 rings (SSSR count). The maximum atomic E-state index is 6.75. The number of allylic oxidation sites excluding steroid dienone is 10. The zero-order chi connectivity index (χ0) is 32.5. The number of rotatable bonds is 4. The van der Waals surface area contributed by atoms with Gasteiger partial charge in [0.05, 0.1) is 0 Å². The van der Waals surface area contributed by atoms with Crippen molar-refractivity contribution in [1.82, 2.24) is 15.0 Å². The van der Waals surface area contributed by atoms with Crippen molar-refractivity contribution in [2.45, 2.75) is 26.2 Å². The second-order valence-corrected chi connectivity index (χ2v) is 13.6. The summed E-state index contributed by atoms with van der Waals surface area (Å²) in [5, 5.41) is 4.22.